The van der Waals surface area contributed by atoms with Crippen LogP contribution in [0.1, 0.15) is 31.7 Å². The minimum atomic E-state index is -4.53. The molecule has 25 heavy (non-hydrogen) atoms. The topological polar surface area (TPSA) is 61.4 Å². The van der Waals surface area contributed by atoms with E-state index in [1.54, 1.807) is 6.92 Å². The van der Waals surface area contributed by atoms with Crippen LogP contribution in [-0.4, -0.2) is 36.5 Å². The number of carbonyl (C=O) groups excluding carboxylic acids is 2. The van der Waals surface area contributed by atoms with E-state index >= 15 is 0 Å². The molecule has 1 aromatic carbocycles. The highest BCUT2D eigenvalue weighted by Crippen LogP contribution is 2.34. The molecular formula is C17H22F3N3O2. The molecule has 0 saturated carbocycles. The molecule has 1 heterocycles. The van der Waals surface area contributed by atoms with Crippen molar-refractivity contribution in [2.75, 3.05) is 25.0 Å². The lowest BCUT2D eigenvalue weighted by Gasteiger charge is -2.33. The van der Waals surface area contributed by atoms with Crippen molar-refractivity contribution in [1.29, 1.82) is 0 Å². The fourth-order valence-electron chi connectivity index (χ4n) is 2.83. The number of urea groups is 1. The number of nitrogens with zero attached hydrogens (tertiary/aromatic N) is 1. The van der Waals surface area contributed by atoms with Gasteiger partial charge >= 0.3 is 12.2 Å². The summed E-state index contributed by atoms with van der Waals surface area (Å²) < 4.78 is 39.0. The van der Waals surface area contributed by atoms with E-state index in [2.05, 4.69) is 10.6 Å². The maximum absolute atomic E-state index is 13.0. The van der Waals surface area contributed by atoms with E-state index in [0.29, 0.717) is 26.1 Å². The smallest absolute Gasteiger partial charge is 0.356 e. The highest BCUT2D eigenvalue weighted by molar-refractivity contribution is 5.90. The largest absolute Gasteiger partial charge is 0.418 e. The molecule has 0 spiro atoms. The average Bonchev–Trinajstić information content (AvgIpc) is 2.59. The van der Waals surface area contributed by atoms with Crippen LogP contribution in [0.4, 0.5) is 23.7 Å². The molecule has 8 heteroatoms. The van der Waals surface area contributed by atoms with Gasteiger partial charge in [-0.3, -0.25) is 4.79 Å². The van der Waals surface area contributed by atoms with Crippen LogP contribution in [0.25, 0.3) is 0 Å². The number of hydrogen-bond donors (Lipinski definition) is 2. The number of hydrogen-bond acceptors (Lipinski definition) is 2. The van der Waals surface area contributed by atoms with Gasteiger partial charge in [-0.2, -0.15) is 13.2 Å². The molecule has 0 aromatic heterocycles. The summed E-state index contributed by atoms with van der Waals surface area (Å²) in [6.07, 6.45) is -2.52. The normalized spacial score (nSPS) is 17.9. The zero-order chi connectivity index (χ0) is 18.4. The van der Waals surface area contributed by atoms with Gasteiger partial charge in [0.25, 0.3) is 0 Å². The zero-order valence-corrected chi connectivity index (χ0v) is 14.0. The minimum Gasteiger partial charge on any atom is -0.356 e. The molecule has 0 aliphatic carbocycles. The van der Waals surface area contributed by atoms with Crippen LogP contribution in [0, 0.1) is 5.92 Å². The molecule has 1 aliphatic rings. The van der Waals surface area contributed by atoms with E-state index in [9.17, 15) is 22.8 Å². The third-order valence-corrected chi connectivity index (χ3v) is 4.19. The Hall–Kier alpha value is -2.25. The molecule has 0 unspecified atom stereocenters. The molecule has 1 fully saturated rings. The third kappa shape index (κ3) is 5.37. The molecule has 1 aromatic rings. The highest BCUT2D eigenvalue weighted by atomic mass is 19.4. The number of amides is 3. The Morgan fingerprint density at radius 2 is 2.00 bits per heavy atom. The predicted octanol–water partition coefficient (Wildman–Crippen LogP) is 3.48. The fourth-order valence-corrected chi connectivity index (χ4v) is 2.83. The Balaban J connectivity index is 1.98. The maximum Gasteiger partial charge on any atom is 0.418 e. The number of nitrogens with one attached hydrogen (secondary N) is 2. The van der Waals surface area contributed by atoms with E-state index in [1.165, 1.54) is 23.1 Å². The van der Waals surface area contributed by atoms with E-state index in [1.807, 2.05) is 0 Å². The number of benzene rings is 1. The van der Waals surface area contributed by atoms with Crippen LogP contribution in [0.5, 0.6) is 0 Å². The maximum atomic E-state index is 13.0. The lowest BCUT2D eigenvalue weighted by molar-refractivity contribution is -0.137. The number of likely N-dealkylation sites (tertiary alicyclic amines) is 1. The van der Waals surface area contributed by atoms with Gasteiger partial charge in [0.1, 0.15) is 0 Å². The van der Waals surface area contributed by atoms with Crippen molar-refractivity contribution in [1.82, 2.24) is 10.2 Å². The van der Waals surface area contributed by atoms with Gasteiger partial charge in [0.2, 0.25) is 5.91 Å². The lowest BCUT2D eigenvalue weighted by Crippen LogP contribution is -2.45. The highest BCUT2D eigenvalue weighted by Gasteiger charge is 2.34. The van der Waals surface area contributed by atoms with Gasteiger partial charge in [0.05, 0.1) is 11.3 Å². The Morgan fingerprint density at radius 3 is 2.68 bits per heavy atom. The predicted molar refractivity (Wildman–Crippen MR) is 88.1 cm³/mol. The molecule has 2 rings (SSSR count). The first-order valence-corrected chi connectivity index (χ1v) is 8.30. The molecule has 2 N–H and O–H groups in total. The summed E-state index contributed by atoms with van der Waals surface area (Å²) in [5, 5.41) is 5.16. The van der Waals surface area contributed by atoms with E-state index in [4.69, 9.17) is 0 Å². The number of para-hydroxylation sites is 1. The summed E-state index contributed by atoms with van der Waals surface area (Å²) in [6, 6.07) is 4.36. The number of rotatable bonds is 4. The molecule has 0 bridgehead atoms. The lowest BCUT2D eigenvalue weighted by atomic mass is 9.98. The Bertz CT molecular complexity index is 619. The molecule has 138 valence electrons. The minimum absolute atomic E-state index is 0.0549. The van der Waals surface area contributed by atoms with Crippen molar-refractivity contribution in [2.24, 2.45) is 5.92 Å². The summed E-state index contributed by atoms with van der Waals surface area (Å²) in [5.74, 6) is 0.0496. The quantitative estimate of drug-likeness (QED) is 0.867. The monoisotopic (exact) mass is 357 g/mol. The molecule has 3 amide bonds. The number of halogens is 3. The number of piperidine rings is 1. The first-order chi connectivity index (χ1) is 11.8. The Morgan fingerprint density at radius 1 is 1.28 bits per heavy atom. The molecule has 1 aliphatic heterocycles. The summed E-state index contributed by atoms with van der Waals surface area (Å²) in [4.78, 5) is 25.2. The SMILES string of the molecule is CCC(=O)NC[C@@H]1CCCN(C(=O)Nc2ccccc2C(F)(F)F)C1. The number of alkyl halides is 3. The number of anilines is 1. The Kier molecular flexibility index (Phi) is 6.27. The van der Waals surface area contributed by atoms with Crippen molar-refractivity contribution in [3.63, 3.8) is 0 Å². The van der Waals surface area contributed by atoms with Crippen LogP contribution in [-0.2, 0) is 11.0 Å². The van der Waals surface area contributed by atoms with E-state index in [0.717, 1.165) is 18.9 Å². The van der Waals surface area contributed by atoms with Gasteiger partial charge in [0, 0.05) is 26.1 Å². The van der Waals surface area contributed by atoms with E-state index in [-0.39, 0.29) is 17.5 Å². The van der Waals surface area contributed by atoms with Gasteiger partial charge in [-0.25, -0.2) is 4.79 Å². The zero-order valence-electron chi connectivity index (χ0n) is 14.0. The van der Waals surface area contributed by atoms with Crippen LogP contribution >= 0.6 is 0 Å². The average molecular weight is 357 g/mol. The van der Waals surface area contributed by atoms with Gasteiger partial charge in [0.15, 0.2) is 0 Å². The van der Waals surface area contributed by atoms with E-state index < -0.39 is 17.8 Å². The molecule has 1 saturated heterocycles. The summed E-state index contributed by atoms with van der Waals surface area (Å²) in [5.41, 5.74) is -1.12. The first kappa shape index (κ1) is 19.1. The fraction of sp³-hybridized carbons (Fsp3) is 0.529. The van der Waals surface area contributed by atoms with Crippen molar-refractivity contribution in [3.8, 4) is 0 Å². The second-order valence-electron chi connectivity index (χ2n) is 6.09. The molecule has 0 radical (unpaired) electrons. The Labute approximate surface area is 144 Å². The van der Waals surface area contributed by atoms with Gasteiger partial charge in [-0.05, 0) is 30.9 Å². The number of carbonyl (C=O) groups is 2. The molecule has 1 atom stereocenters. The summed E-state index contributed by atoms with van der Waals surface area (Å²) >= 11 is 0. The van der Waals surface area contributed by atoms with Crippen LogP contribution in [0.3, 0.4) is 0 Å². The van der Waals surface area contributed by atoms with Crippen molar-refractivity contribution < 1.29 is 22.8 Å². The van der Waals surface area contributed by atoms with Gasteiger partial charge in [-0.1, -0.05) is 19.1 Å². The van der Waals surface area contributed by atoms with Crippen LogP contribution in [0.15, 0.2) is 24.3 Å². The van der Waals surface area contributed by atoms with Crippen LogP contribution in [0.2, 0.25) is 0 Å². The second kappa shape index (κ2) is 8.22. The third-order valence-electron chi connectivity index (χ3n) is 4.19. The van der Waals surface area contributed by atoms with Crippen molar-refractivity contribution in [3.05, 3.63) is 29.8 Å². The molecule has 5 nitrogen and oxygen atoms in total. The summed E-state index contributed by atoms with van der Waals surface area (Å²) in [7, 11) is 0. The van der Waals surface area contributed by atoms with Gasteiger partial charge < -0.3 is 15.5 Å². The first-order valence-electron chi connectivity index (χ1n) is 8.30. The van der Waals surface area contributed by atoms with Crippen molar-refractivity contribution in [2.45, 2.75) is 32.4 Å². The molecular weight excluding hydrogens is 335 g/mol. The van der Waals surface area contributed by atoms with Crippen molar-refractivity contribution >= 4 is 17.6 Å². The van der Waals surface area contributed by atoms with Crippen LogP contribution < -0.4 is 10.6 Å². The second-order valence-corrected chi connectivity index (χ2v) is 6.09. The summed E-state index contributed by atoms with van der Waals surface area (Å²) in [6.45, 7) is 3.12. The standard InChI is InChI=1S/C17H22F3N3O2/c1-2-15(24)21-10-12-6-5-9-23(11-12)16(25)22-14-8-4-3-7-13(14)17(18,19)20/h3-4,7-8,12H,2,5-6,9-11H2,1H3,(H,21,24)(H,22,25)/t12-/m0/s1. The van der Waals surface area contributed by atoms with Gasteiger partial charge in [-0.15, -0.1) is 0 Å².